The van der Waals surface area contributed by atoms with Gasteiger partial charge in [0.2, 0.25) is 0 Å². The van der Waals surface area contributed by atoms with Crippen LogP contribution < -0.4 is 9.30 Å². The first kappa shape index (κ1) is 38.6. The minimum absolute atomic E-state index is 0. The summed E-state index contributed by atoms with van der Waals surface area (Å²) in [5.41, 5.74) is 12.0. The van der Waals surface area contributed by atoms with E-state index in [1.54, 1.807) is 33.4 Å². The van der Waals surface area contributed by atoms with E-state index in [-0.39, 0.29) is 54.4 Å². The van der Waals surface area contributed by atoms with Crippen molar-refractivity contribution < 1.29 is 44.1 Å². The van der Waals surface area contributed by atoms with Gasteiger partial charge in [-0.05, 0) is 108 Å². The largest absolute Gasteiger partial charge is 0.510 e. The van der Waals surface area contributed by atoms with Crippen molar-refractivity contribution >= 4 is 32.8 Å². The molecule has 0 aliphatic heterocycles. The predicted octanol–water partition coefficient (Wildman–Crippen LogP) is 17.5. The van der Waals surface area contributed by atoms with Crippen LogP contribution in [0.2, 0.25) is 0 Å². The number of hydrogen-bond acceptors (Lipinski definition) is 2. The fourth-order valence-corrected chi connectivity index (χ4v) is 10.4. The number of fused-ring (bicyclic) bond motifs is 4. The first-order valence-electron chi connectivity index (χ1n) is 30.1. The molecule has 0 amide bonds. The van der Waals surface area contributed by atoms with Gasteiger partial charge in [0, 0.05) is 44.3 Å². The average molecular weight is 1180 g/mol. The molecule has 10 aromatic carbocycles. The summed E-state index contributed by atoms with van der Waals surface area (Å²) >= 11 is 0. The van der Waals surface area contributed by atoms with E-state index in [0.717, 1.165) is 72.1 Å². The van der Waals surface area contributed by atoms with Gasteiger partial charge in [-0.25, -0.2) is 4.98 Å². The van der Waals surface area contributed by atoms with Gasteiger partial charge < -0.3 is 13.9 Å². The van der Waals surface area contributed by atoms with Gasteiger partial charge in [-0.2, -0.15) is 18.2 Å². The minimum Gasteiger partial charge on any atom is -0.510 e. The normalized spacial score (nSPS) is 13.4. The number of nitrogens with zero attached hydrogens (tertiary/aromatic N) is 4. The zero-order valence-corrected chi connectivity index (χ0v) is 44.6. The Balaban J connectivity index is 0.00000739. The maximum atomic E-state index is 9.11. The molecule has 77 heavy (non-hydrogen) atoms. The fourth-order valence-electron chi connectivity index (χ4n) is 10.4. The molecule has 0 aliphatic rings. The zero-order valence-electron chi connectivity index (χ0n) is 52.3. The van der Waals surface area contributed by atoms with Crippen molar-refractivity contribution in [3.63, 3.8) is 0 Å². The third-order valence-electron chi connectivity index (χ3n) is 13.9. The van der Waals surface area contributed by atoms with Crippen molar-refractivity contribution in [1.29, 1.82) is 0 Å². The molecular weight excluding hydrogens is 1120 g/mol. The summed E-state index contributed by atoms with van der Waals surface area (Å²) in [6.07, 6.45) is 5.31. The van der Waals surface area contributed by atoms with Crippen molar-refractivity contribution in [1.82, 2.24) is 14.1 Å². The molecule has 0 saturated heterocycles. The van der Waals surface area contributed by atoms with Gasteiger partial charge in [-0.1, -0.05) is 214 Å². The summed E-state index contributed by atoms with van der Waals surface area (Å²) in [6, 6.07) is 59.5. The molecule has 0 bridgehead atoms. The third kappa shape index (κ3) is 8.97. The summed E-state index contributed by atoms with van der Waals surface area (Å²) in [6.45, 7) is 8.73. The van der Waals surface area contributed by atoms with Crippen LogP contribution in [-0.4, -0.2) is 14.1 Å². The molecule has 0 saturated carbocycles. The second-order valence-corrected chi connectivity index (χ2v) is 19.6. The van der Waals surface area contributed by atoms with Gasteiger partial charge in [0.05, 0.1) is 30.4 Å². The molecular formula is C71H52N4OPt-2. The van der Waals surface area contributed by atoms with E-state index in [9.17, 15) is 0 Å². The zero-order chi connectivity index (χ0) is 60.0. The fraction of sp³-hybridized carbons (Fsp3) is 0.0704. The van der Waals surface area contributed by atoms with E-state index in [2.05, 4.69) is 148 Å². The van der Waals surface area contributed by atoms with Crippen molar-refractivity contribution in [2.24, 2.45) is 0 Å². The van der Waals surface area contributed by atoms with E-state index in [4.69, 9.17) is 23.4 Å². The summed E-state index contributed by atoms with van der Waals surface area (Å²) in [5, 5.41) is 1.98. The number of aryl methyl sites for hydroxylation is 1. The quantitative estimate of drug-likeness (QED) is 0.101. The Morgan fingerprint density at radius 1 is 0.545 bits per heavy atom. The number of rotatable bonds is 10. The molecule has 0 unspecified atom stereocenters. The summed E-state index contributed by atoms with van der Waals surface area (Å²) in [7, 11) is 0. The van der Waals surface area contributed by atoms with Crippen LogP contribution in [0.5, 0.6) is 11.5 Å². The Kier molecular flexibility index (Phi) is 10.2. The van der Waals surface area contributed by atoms with Crippen LogP contribution in [0.1, 0.15) is 45.6 Å². The maximum Gasteiger partial charge on any atom is 0.268 e. The van der Waals surface area contributed by atoms with Gasteiger partial charge >= 0.3 is 0 Å². The topological polar surface area (TPSA) is 35.9 Å². The number of para-hydroxylation sites is 3. The van der Waals surface area contributed by atoms with Crippen molar-refractivity contribution in [3.8, 4) is 84.3 Å². The average Bonchev–Trinajstić information content (AvgIpc) is 1.98. The smallest absolute Gasteiger partial charge is 0.268 e. The number of pyridine rings is 1. The van der Waals surface area contributed by atoms with Crippen molar-refractivity contribution in [2.45, 2.75) is 33.1 Å². The van der Waals surface area contributed by atoms with Crippen LogP contribution in [0.4, 0.5) is 0 Å². The third-order valence-corrected chi connectivity index (χ3v) is 13.9. The molecule has 0 radical (unpaired) electrons. The second kappa shape index (κ2) is 20.3. The first-order valence-corrected chi connectivity index (χ1v) is 25.1. The molecule has 374 valence electrons. The molecule has 6 heteroatoms. The Bertz CT molecular complexity index is 4720. The molecule has 0 fully saturated rings. The van der Waals surface area contributed by atoms with Crippen LogP contribution >= 0.6 is 0 Å². The molecule has 0 spiro atoms. The monoisotopic (exact) mass is 1180 g/mol. The Morgan fingerprint density at radius 3 is 1.79 bits per heavy atom. The summed E-state index contributed by atoms with van der Waals surface area (Å²) in [4.78, 5) is 5.04. The summed E-state index contributed by atoms with van der Waals surface area (Å²) < 4.78 is 100. The van der Waals surface area contributed by atoms with Crippen LogP contribution in [0.15, 0.2) is 243 Å². The molecule has 13 rings (SSSR count). The maximum absolute atomic E-state index is 9.11. The number of benzene rings is 10. The predicted molar refractivity (Wildman–Crippen MR) is 311 cm³/mol. The minimum atomic E-state index is -0.578. The van der Waals surface area contributed by atoms with E-state index < -0.39 is 60.4 Å². The molecule has 0 N–H and O–H groups in total. The molecule has 3 heterocycles. The standard InChI is InChI=1S/C71H52N4O.Pt/c1-48-38-41-64-69(67(48)68-57(49-22-9-5-10-23-49)32-20-33-58(68)50-24-11-6-12-25-50)61-40-39-56(46-65(61)75(64)66-44-53(42-43-72-66)71(2,3)4)76-55-31-19-30-54(45-55)73-47-74(63-37-18-17-36-62(63)73)70-59(51-26-13-7-14-27-51)34-21-35-60(70)52-28-15-8-16-29-52;/h5-44H,1-4H3;/q-2;/i7D,8D,13D,14D,15D,16D,26D,27D,28D,29D;. The van der Waals surface area contributed by atoms with Gasteiger partial charge in [0.25, 0.3) is 6.33 Å². The van der Waals surface area contributed by atoms with E-state index in [1.807, 2.05) is 60.8 Å². The van der Waals surface area contributed by atoms with Gasteiger partial charge in [0.1, 0.15) is 5.82 Å². The van der Waals surface area contributed by atoms with Crippen molar-refractivity contribution in [2.75, 3.05) is 0 Å². The van der Waals surface area contributed by atoms with Crippen LogP contribution in [0, 0.1) is 25.4 Å². The Morgan fingerprint density at radius 2 is 1.14 bits per heavy atom. The van der Waals surface area contributed by atoms with Crippen LogP contribution in [0.25, 0.3) is 106 Å². The number of imidazole rings is 1. The van der Waals surface area contributed by atoms with Crippen molar-refractivity contribution in [3.05, 3.63) is 272 Å². The van der Waals surface area contributed by atoms with E-state index >= 15 is 0 Å². The van der Waals surface area contributed by atoms with Crippen LogP contribution in [-0.2, 0) is 26.5 Å². The van der Waals surface area contributed by atoms with E-state index in [0.29, 0.717) is 28.2 Å². The number of aromatic nitrogens is 4. The SMILES string of the molecule is [2H]c1c([2H])c([2H])c(-c2cccc(-c3c([2H])c([2H])c([2H])c([2H])c3[2H])c2-[n+]2[c-]n(-c3[c-]c(Oc4[c-]c5c(cc4)c4c(-c6c(-c7ccccc7)cccc6-c6ccccc6)c(C)ccc4n5-c4cc(C(C)(C)C)ccn4)ccc3)c3ccccc32)c([2H])c1[2H].[Pt]. The van der Waals surface area contributed by atoms with Gasteiger partial charge in [-0.15, -0.1) is 29.7 Å². The first-order chi connectivity index (χ1) is 41.4. The Hall–Kier alpha value is -8.89. The van der Waals surface area contributed by atoms with E-state index in [1.165, 1.54) is 0 Å². The van der Waals surface area contributed by atoms with Gasteiger partial charge in [-0.3, -0.25) is 4.57 Å². The molecule has 0 aliphatic carbocycles. The number of ether oxygens (including phenoxy) is 1. The van der Waals surface area contributed by atoms with Gasteiger partial charge in [0.15, 0.2) is 0 Å². The molecule has 5 nitrogen and oxygen atoms in total. The molecule has 3 aromatic heterocycles. The second-order valence-electron chi connectivity index (χ2n) is 19.6. The number of hydrogen-bond donors (Lipinski definition) is 0. The van der Waals surface area contributed by atoms with Crippen LogP contribution in [0.3, 0.4) is 0 Å². The molecule has 13 aromatic rings. The molecule has 0 atom stereocenters. The Labute approximate surface area is 478 Å². The summed E-state index contributed by atoms with van der Waals surface area (Å²) in [5.74, 6) is 1.47.